The Morgan fingerprint density at radius 2 is 2.04 bits per heavy atom. The Labute approximate surface area is 159 Å². The van der Waals surface area contributed by atoms with E-state index in [1.165, 1.54) is 24.8 Å². The average molecular weight is 365 g/mol. The van der Waals surface area contributed by atoms with Gasteiger partial charge in [0.05, 0.1) is 11.6 Å². The number of fused-ring (bicyclic) bond motifs is 1. The van der Waals surface area contributed by atoms with E-state index in [1.54, 1.807) is 6.20 Å². The molecule has 1 saturated carbocycles. The van der Waals surface area contributed by atoms with Crippen LogP contribution in [0.3, 0.4) is 0 Å². The number of hydrogen-bond acceptors (Lipinski definition) is 4. The van der Waals surface area contributed by atoms with Gasteiger partial charge in [0.2, 0.25) is 0 Å². The van der Waals surface area contributed by atoms with Crippen LogP contribution >= 0.6 is 0 Å². The molecular weight excluding hydrogens is 338 g/mol. The number of hydrogen-bond donors (Lipinski definition) is 2. The van der Waals surface area contributed by atoms with Crippen LogP contribution < -0.4 is 10.9 Å². The molecule has 2 heterocycles. The first-order chi connectivity index (χ1) is 13.1. The molecule has 3 aromatic rings. The zero-order chi connectivity index (χ0) is 18.8. The van der Waals surface area contributed by atoms with Gasteiger partial charge in [-0.25, -0.2) is 0 Å². The monoisotopic (exact) mass is 365 g/mol. The number of rotatable bonds is 5. The molecule has 1 aromatic carbocycles. The standard InChI is InChI=1S/C21H27N5O/c1-25(2)14-15-7-6-8-16(13-15)23-20-19-18(11-12-22-21(19)27)26(24-20)17-9-4-3-5-10-17/h6-8,11-13,17H,3-5,9-10,14H2,1-2H3,(H,22,27)(H,23,24). The summed E-state index contributed by atoms with van der Waals surface area (Å²) in [5.41, 5.74) is 2.99. The van der Waals surface area contributed by atoms with Crippen molar-refractivity contribution in [1.82, 2.24) is 19.7 Å². The number of nitrogens with zero attached hydrogens (tertiary/aromatic N) is 3. The lowest BCUT2D eigenvalue weighted by atomic mass is 9.95. The number of H-pyrrole nitrogens is 1. The van der Waals surface area contributed by atoms with Crippen LogP contribution in [0.5, 0.6) is 0 Å². The molecule has 142 valence electrons. The lowest BCUT2D eigenvalue weighted by Crippen LogP contribution is -2.14. The smallest absolute Gasteiger partial charge is 0.261 e. The zero-order valence-corrected chi connectivity index (χ0v) is 16.0. The van der Waals surface area contributed by atoms with Gasteiger partial charge in [0.15, 0.2) is 5.82 Å². The van der Waals surface area contributed by atoms with E-state index in [0.29, 0.717) is 17.2 Å². The van der Waals surface area contributed by atoms with Gasteiger partial charge in [0, 0.05) is 18.4 Å². The van der Waals surface area contributed by atoms with Crippen LogP contribution in [0, 0.1) is 0 Å². The predicted octanol–water partition coefficient (Wildman–Crippen LogP) is 4.04. The number of anilines is 2. The average Bonchev–Trinajstić information content (AvgIpc) is 3.02. The highest BCUT2D eigenvalue weighted by atomic mass is 16.1. The molecule has 0 bridgehead atoms. The SMILES string of the molecule is CN(C)Cc1cccc(Nc2nn(C3CCCCC3)c3cc[nH]c(=O)c23)c1. The van der Waals surface area contributed by atoms with Gasteiger partial charge in [-0.1, -0.05) is 31.4 Å². The van der Waals surface area contributed by atoms with Crippen LogP contribution in [0.4, 0.5) is 11.5 Å². The van der Waals surface area contributed by atoms with E-state index in [-0.39, 0.29) is 5.56 Å². The highest BCUT2D eigenvalue weighted by molar-refractivity contribution is 5.91. The Kier molecular flexibility index (Phi) is 4.99. The second-order valence-electron chi connectivity index (χ2n) is 7.72. The van der Waals surface area contributed by atoms with E-state index >= 15 is 0 Å². The Balaban J connectivity index is 1.72. The summed E-state index contributed by atoms with van der Waals surface area (Å²) in [7, 11) is 4.11. The minimum atomic E-state index is -0.0958. The van der Waals surface area contributed by atoms with Crippen LogP contribution in [0.15, 0.2) is 41.3 Å². The molecule has 0 unspecified atom stereocenters. The molecule has 2 N–H and O–H groups in total. The third kappa shape index (κ3) is 3.76. The minimum absolute atomic E-state index is 0.0958. The van der Waals surface area contributed by atoms with Gasteiger partial charge in [-0.05, 0) is 50.7 Å². The summed E-state index contributed by atoms with van der Waals surface area (Å²) in [6.45, 7) is 0.868. The number of nitrogens with one attached hydrogen (secondary N) is 2. The van der Waals surface area contributed by atoms with Crippen molar-refractivity contribution in [3.8, 4) is 0 Å². The van der Waals surface area contributed by atoms with Crippen molar-refractivity contribution in [1.29, 1.82) is 0 Å². The quantitative estimate of drug-likeness (QED) is 0.716. The molecular formula is C21H27N5O. The van der Waals surface area contributed by atoms with Crippen molar-refractivity contribution in [2.45, 2.75) is 44.7 Å². The number of aromatic amines is 1. The van der Waals surface area contributed by atoms with Gasteiger partial charge in [-0.15, -0.1) is 0 Å². The first-order valence-corrected chi connectivity index (χ1v) is 9.72. The maximum atomic E-state index is 12.5. The van der Waals surface area contributed by atoms with Crippen LogP contribution in [-0.4, -0.2) is 33.8 Å². The summed E-state index contributed by atoms with van der Waals surface area (Å²) >= 11 is 0. The molecule has 0 saturated heterocycles. The summed E-state index contributed by atoms with van der Waals surface area (Å²) in [6.07, 6.45) is 7.71. The number of pyridine rings is 1. The van der Waals surface area contributed by atoms with E-state index in [2.05, 4.69) is 46.1 Å². The molecule has 0 spiro atoms. The van der Waals surface area contributed by atoms with E-state index < -0.39 is 0 Å². The largest absolute Gasteiger partial charge is 0.338 e. The Morgan fingerprint density at radius 3 is 2.81 bits per heavy atom. The molecule has 27 heavy (non-hydrogen) atoms. The molecule has 4 rings (SSSR count). The fourth-order valence-corrected chi connectivity index (χ4v) is 4.04. The molecule has 1 aliphatic carbocycles. The summed E-state index contributed by atoms with van der Waals surface area (Å²) in [5, 5.41) is 8.87. The molecule has 0 amide bonds. The van der Waals surface area contributed by atoms with Crippen LogP contribution in [0.1, 0.15) is 43.7 Å². The van der Waals surface area contributed by atoms with Gasteiger partial charge in [0.1, 0.15) is 5.39 Å². The Morgan fingerprint density at radius 1 is 1.22 bits per heavy atom. The summed E-state index contributed by atoms with van der Waals surface area (Å²) in [5.74, 6) is 0.638. The summed E-state index contributed by atoms with van der Waals surface area (Å²) < 4.78 is 2.07. The summed E-state index contributed by atoms with van der Waals surface area (Å²) in [4.78, 5) is 17.5. The van der Waals surface area contributed by atoms with E-state index in [1.807, 2.05) is 18.2 Å². The molecule has 1 aliphatic rings. The van der Waals surface area contributed by atoms with Crippen molar-refractivity contribution in [3.05, 3.63) is 52.4 Å². The topological polar surface area (TPSA) is 66.0 Å². The molecule has 6 heteroatoms. The zero-order valence-electron chi connectivity index (χ0n) is 16.0. The molecule has 0 aliphatic heterocycles. The van der Waals surface area contributed by atoms with Crippen molar-refractivity contribution in [2.75, 3.05) is 19.4 Å². The molecule has 2 aromatic heterocycles. The van der Waals surface area contributed by atoms with Crippen LogP contribution in [-0.2, 0) is 6.54 Å². The third-order valence-electron chi connectivity index (χ3n) is 5.24. The number of benzene rings is 1. The first kappa shape index (κ1) is 17.8. The lowest BCUT2D eigenvalue weighted by molar-refractivity contribution is 0.338. The maximum Gasteiger partial charge on any atom is 0.261 e. The third-order valence-corrected chi connectivity index (χ3v) is 5.24. The highest BCUT2D eigenvalue weighted by Crippen LogP contribution is 2.32. The van der Waals surface area contributed by atoms with Gasteiger partial charge < -0.3 is 15.2 Å². The van der Waals surface area contributed by atoms with E-state index in [4.69, 9.17) is 5.10 Å². The minimum Gasteiger partial charge on any atom is -0.338 e. The van der Waals surface area contributed by atoms with Gasteiger partial charge in [-0.3, -0.25) is 9.48 Å². The van der Waals surface area contributed by atoms with Crippen molar-refractivity contribution < 1.29 is 0 Å². The molecule has 0 atom stereocenters. The molecule has 6 nitrogen and oxygen atoms in total. The van der Waals surface area contributed by atoms with Gasteiger partial charge in [0.25, 0.3) is 5.56 Å². The maximum absolute atomic E-state index is 12.5. The normalized spacial score (nSPS) is 15.5. The van der Waals surface area contributed by atoms with Gasteiger partial charge in [-0.2, -0.15) is 5.10 Å². The van der Waals surface area contributed by atoms with Crippen molar-refractivity contribution in [3.63, 3.8) is 0 Å². The van der Waals surface area contributed by atoms with E-state index in [0.717, 1.165) is 30.6 Å². The fourth-order valence-electron chi connectivity index (χ4n) is 4.04. The number of aromatic nitrogens is 3. The van der Waals surface area contributed by atoms with Crippen molar-refractivity contribution in [2.24, 2.45) is 0 Å². The van der Waals surface area contributed by atoms with E-state index in [9.17, 15) is 4.79 Å². The fraction of sp³-hybridized carbons (Fsp3) is 0.429. The molecule has 0 radical (unpaired) electrons. The lowest BCUT2D eigenvalue weighted by Gasteiger charge is -2.22. The molecule has 1 fully saturated rings. The first-order valence-electron chi connectivity index (χ1n) is 9.72. The van der Waals surface area contributed by atoms with Crippen LogP contribution in [0.25, 0.3) is 10.9 Å². The summed E-state index contributed by atoms with van der Waals surface area (Å²) in [6, 6.07) is 10.6. The predicted molar refractivity (Wildman–Crippen MR) is 110 cm³/mol. The van der Waals surface area contributed by atoms with Crippen molar-refractivity contribution >= 4 is 22.4 Å². The van der Waals surface area contributed by atoms with Gasteiger partial charge >= 0.3 is 0 Å². The second kappa shape index (κ2) is 7.56. The van der Waals surface area contributed by atoms with Crippen LogP contribution in [0.2, 0.25) is 0 Å². The Bertz CT molecular complexity index is 982. The highest BCUT2D eigenvalue weighted by Gasteiger charge is 2.22. The second-order valence-corrected chi connectivity index (χ2v) is 7.72. The Hall–Kier alpha value is -2.60.